The number of carbonyl (C=O) groups is 1. The van der Waals surface area contributed by atoms with Gasteiger partial charge in [-0.2, -0.15) is 8.42 Å². The smallest absolute Gasteiger partial charge is 0.337 e. The molecule has 0 bridgehead atoms. The quantitative estimate of drug-likeness (QED) is 0.425. The van der Waals surface area contributed by atoms with Gasteiger partial charge in [0, 0.05) is 12.1 Å². The summed E-state index contributed by atoms with van der Waals surface area (Å²) in [7, 11) is -4.56. The Morgan fingerprint density at radius 1 is 1.08 bits per heavy atom. The molecule has 10 heteroatoms. The minimum Gasteiger partial charge on any atom is -0.479 e. The third-order valence-corrected chi connectivity index (χ3v) is 4.55. The Balaban J connectivity index is 2.28. The maximum absolute atomic E-state index is 12.2. The van der Waals surface area contributed by atoms with Crippen LogP contribution in [0.2, 0.25) is 0 Å². The number of hydrogen-bond donors (Lipinski definition) is 2. The first-order valence-electron chi connectivity index (χ1n) is 6.86. The standard InChI is InChI=1S/C15H13NO8S/c17-13(10-4-2-1-3-5-10)14(15(18)19)24-25(22,23)12-8-6-11(7-9-12)16(20)21/h1-9,13-14,17H,(H,18,19)/t13-,14?/m0/s1. The summed E-state index contributed by atoms with van der Waals surface area (Å²) >= 11 is 0. The van der Waals surface area contributed by atoms with Gasteiger partial charge >= 0.3 is 5.97 Å². The number of carboxylic acid groups (broad SMARTS) is 1. The summed E-state index contributed by atoms with van der Waals surface area (Å²) < 4.78 is 29.0. The summed E-state index contributed by atoms with van der Waals surface area (Å²) in [5.41, 5.74) is -0.174. The summed E-state index contributed by atoms with van der Waals surface area (Å²) in [6, 6.07) is 11.3. The Bertz CT molecular complexity index is 864. The fraction of sp³-hybridized carbons (Fsp3) is 0.133. The van der Waals surface area contributed by atoms with E-state index in [2.05, 4.69) is 4.18 Å². The van der Waals surface area contributed by atoms with E-state index in [1.54, 1.807) is 18.2 Å². The molecule has 9 nitrogen and oxygen atoms in total. The fourth-order valence-corrected chi connectivity index (χ4v) is 3.02. The number of hydrogen-bond acceptors (Lipinski definition) is 7. The van der Waals surface area contributed by atoms with Gasteiger partial charge in [-0.3, -0.25) is 10.1 Å². The normalized spacial score (nSPS) is 13.8. The molecule has 2 atom stereocenters. The van der Waals surface area contributed by atoms with Crippen LogP contribution in [-0.4, -0.2) is 35.6 Å². The van der Waals surface area contributed by atoms with Crippen molar-refractivity contribution in [3.8, 4) is 0 Å². The van der Waals surface area contributed by atoms with Gasteiger partial charge < -0.3 is 10.2 Å². The molecule has 0 heterocycles. The van der Waals surface area contributed by atoms with Crippen molar-refractivity contribution in [1.29, 1.82) is 0 Å². The third-order valence-electron chi connectivity index (χ3n) is 3.24. The second kappa shape index (κ2) is 7.38. The number of rotatable bonds is 7. The number of non-ortho nitro benzene ring substituents is 1. The Labute approximate surface area is 142 Å². The van der Waals surface area contributed by atoms with Gasteiger partial charge in [-0.15, -0.1) is 0 Å². The van der Waals surface area contributed by atoms with Crippen molar-refractivity contribution in [1.82, 2.24) is 0 Å². The summed E-state index contributed by atoms with van der Waals surface area (Å²) in [6.45, 7) is 0. The summed E-state index contributed by atoms with van der Waals surface area (Å²) in [6.07, 6.45) is -3.81. The molecule has 0 saturated carbocycles. The molecule has 0 aromatic heterocycles. The zero-order valence-electron chi connectivity index (χ0n) is 12.6. The molecule has 2 rings (SSSR count). The van der Waals surface area contributed by atoms with E-state index in [1.165, 1.54) is 12.1 Å². The fourth-order valence-electron chi connectivity index (χ4n) is 1.98. The van der Waals surface area contributed by atoms with E-state index in [1.807, 2.05) is 0 Å². The Morgan fingerprint density at radius 2 is 1.64 bits per heavy atom. The van der Waals surface area contributed by atoms with Crippen molar-refractivity contribution in [3.05, 3.63) is 70.3 Å². The molecule has 0 aliphatic rings. The summed E-state index contributed by atoms with van der Waals surface area (Å²) in [5.74, 6) is -1.68. The van der Waals surface area contributed by atoms with E-state index >= 15 is 0 Å². The molecule has 0 amide bonds. The third kappa shape index (κ3) is 4.38. The monoisotopic (exact) mass is 367 g/mol. The van der Waals surface area contributed by atoms with Crippen LogP contribution in [0, 0.1) is 10.1 Å². The van der Waals surface area contributed by atoms with Crippen LogP contribution < -0.4 is 0 Å². The molecule has 2 N–H and O–H groups in total. The van der Waals surface area contributed by atoms with Crippen molar-refractivity contribution in [2.45, 2.75) is 17.1 Å². The number of benzene rings is 2. The molecular weight excluding hydrogens is 354 g/mol. The molecule has 25 heavy (non-hydrogen) atoms. The van der Waals surface area contributed by atoms with Crippen LogP contribution in [-0.2, 0) is 19.1 Å². The highest BCUT2D eigenvalue weighted by Gasteiger charge is 2.34. The zero-order chi connectivity index (χ0) is 18.6. The second-order valence-electron chi connectivity index (χ2n) is 4.92. The van der Waals surface area contributed by atoms with E-state index in [9.17, 15) is 33.5 Å². The van der Waals surface area contributed by atoms with Crippen LogP contribution in [0.5, 0.6) is 0 Å². The van der Waals surface area contributed by atoms with E-state index in [-0.39, 0.29) is 11.3 Å². The maximum atomic E-state index is 12.2. The average molecular weight is 367 g/mol. The van der Waals surface area contributed by atoms with Gasteiger partial charge in [0.15, 0.2) is 0 Å². The molecule has 132 valence electrons. The highest BCUT2D eigenvalue weighted by molar-refractivity contribution is 7.86. The molecule has 2 aromatic rings. The van der Waals surface area contributed by atoms with Crippen molar-refractivity contribution in [2.24, 2.45) is 0 Å². The van der Waals surface area contributed by atoms with Crippen LogP contribution in [0.4, 0.5) is 5.69 Å². The number of nitro groups is 1. The molecule has 0 spiro atoms. The molecular formula is C15H13NO8S. The second-order valence-corrected chi connectivity index (χ2v) is 6.49. The van der Waals surface area contributed by atoms with Crippen molar-refractivity contribution < 1.29 is 32.5 Å². The predicted octanol–water partition coefficient (Wildman–Crippen LogP) is 1.49. The lowest BCUT2D eigenvalue weighted by Gasteiger charge is -2.19. The zero-order valence-corrected chi connectivity index (χ0v) is 13.4. The van der Waals surface area contributed by atoms with Crippen molar-refractivity contribution in [2.75, 3.05) is 0 Å². The van der Waals surface area contributed by atoms with Crippen LogP contribution in [0.15, 0.2) is 59.5 Å². The number of nitrogens with zero attached hydrogens (tertiary/aromatic N) is 1. The van der Waals surface area contributed by atoms with Crippen LogP contribution in [0.1, 0.15) is 11.7 Å². The van der Waals surface area contributed by atoms with E-state index in [4.69, 9.17) is 0 Å². The maximum Gasteiger partial charge on any atom is 0.337 e. The van der Waals surface area contributed by atoms with Gasteiger partial charge in [0.2, 0.25) is 6.10 Å². The highest BCUT2D eigenvalue weighted by Crippen LogP contribution is 2.24. The lowest BCUT2D eigenvalue weighted by atomic mass is 10.1. The largest absolute Gasteiger partial charge is 0.479 e. The van der Waals surface area contributed by atoms with Crippen LogP contribution in [0.25, 0.3) is 0 Å². The van der Waals surface area contributed by atoms with E-state index in [0.29, 0.717) is 0 Å². The number of aliphatic hydroxyl groups excluding tert-OH is 1. The van der Waals surface area contributed by atoms with E-state index < -0.39 is 38.1 Å². The first-order valence-corrected chi connectivity index (χ1v) is 8.27. The van der Waals surface area contributed by atoms with Crippen molar-refractivity contribution >= 4 is 21.8 Å². The number of aliphatic carboxylic acids is 1. The predicted molar refractivity (Wildman–Crippen MR) is 84.2 cm³/mol. The Kier molecular flexibility index (Phi) is 5.47. The van der Waals surface area contributed by atoms with Gasteiger partial charge in [0.05, 0.1) is 9.82 Å². The Morgan fingerprint density at radius 3 is 2.12 bits per heavy atom. The Hall–Kier alpha value is -2.82. The topological polar surface area (TPSA) is 144 Å². The SMILES string of the molecule is O=C(O)C(OS(=O)(=O)c1ccc([N+](=O)[O-])cc1)[C@@H](O)c1ccccc1. The van der Waals surface area contributed by atoms with Gasteiger partial charge in [0.1, 0.15) is 6.10 Å². The first-order chi connectivity index (χ1) is 11.7. The van der Waals surface area contributed by atoms with Gasteiger partial charge in [-0.25, -0.2) is 8.98 Å². The lowest BCUT2D eigenvalue weighted by molar-refractivity contribution is -0.384. The van der Waals surface area contributed by atoms with Gasteiger partial charge in [0.25, 0.3) is 15.8 Å². The minimum absolute atomic E-state index is 0.161. The summed E-state index contributed by atoms with van der Waals surface area (Å²) in [5, 5.41) is 29.9. The lowest BCUT2D eigenvalue weighted by Crippen LogP contribution is -2.33. The average Bonchev–Trinajstić information content (AvgIpc) is 2.59. The number of nitro benzene ring substituents is 1. The van der Waals surface area contributed by atoms with Crippen molar-refractivity contribution in [3.63, 3.8) is 0 Å². The highest BCUT2D eigenvalue weighted by atomic mass is 32.2. The molecule has 0 fully saturated rings. The molecule has 2 aromatic carbocycles. The molecule has 0 radical (unpaired) electrons. The molecule has 0 aliphatic carbocycles. The van der Waals surface area contributed by atoms with E-state index in [0.717, 1.165) is 24.3 Å². The number of aliphatic hydroxyl groups is 1. The molecule has 0 aliphatic heterocycles. The first kappa shape index (κ1) is 18.5. The molecule has 0 saturated heterocycles. The summed E-state index contributed by atoms with van der Waals surface area (Å²) in [4.78, 5) is 20.7. The van der Waals surface area contributed by atoms with Gasteiger partial charge in [-0.1, -0.05) is 30.3 Å². The van der Waals surface area contributed by atoms with Crippen LogP contribution >= 0.6 is 0 Å². The minimum atomic E-state index is -4.56. The van der Waals surface area contributed by atoms with Gasteiger partial charge in [-0.05, 0) is 17.7 Å². The molecule has 1 unspecified atom stereocenters. The van der Waals surface area contributed by atoms with Crippen LogP contribution in [0.3, 0.4) is 0 Å². The number of carboxylic acids is 1.